The van der Waals surface area contributed by atoms with Gasteiger partial charge in [0.05, 0.1) is 16.3 Å². The molecule has 0 radical (unpaired) electrons. The van der Waals surface area contributed by atoms with Crippen LogP contribution in [0.15, 0.2) is 108 Å². The molecule has 4 heterocycles. The van der Waals surface area contributed by atoms with E-state index in [9.17, 15) is 13.5 Å². The second-order valence-corrected chi connectivity index (χ2v) is 12.2. The number of pyridine rings is 2. The van der Waals surface area contributed by atoms with E-state index in [0.717, 1.165) is 28.8 Å². The van der Waals surface area contributed by atoms with Gasteiger partial charge in [0.1, 0.15) is 10.6 Å². The lowest BCUT2D eigenvalue weighted by molar-refractivity contribution is 0.0788. The zero-order valence-electron chi connectivity index (χ0n) is 20.6. The molecular formula is C30H22N4O3S2. The molecule has 0 saturated carbocycles. The van der Waals surface area contributed by atoms with Crippen molar-refractivity contribution in [3.05, 3.63) is 120 Å². The number of fused-ring (bicyclic) bond motifs is 2. The molecule has 0 fully saturated rings. The Kier molecular flexibility index (Phi) is 5.48. The third-order valence-electron chi connectivity index (χ3n) is 7.24. The Morgan fingerprint density at radius 3 is 2.62 bits per heavy atom. The van der Waals surface area contributed by atoms with Crippen molar-refractivity contribution in [2.75, 3.05) is 0 Å². The zero-order valence-corrected chi connectivity index (χ0v) is 22.2. The van der Waals surface area contributed by atoms with Crippen LogP contribution >= 0.6 is 11.3 Å². The van der Waals surface area contributed by atoms with Crippen LogP contribution in [0.5, 0.6) is 0 Å². The van der Waals surface area contributed by atoms with Crippen molar-refractivity contribution in [1.82, 2.24) is 18.9 Å². The molecule has 0 unspecified atom stereocenters. The largest absolute Gasteiger partial charge is 0.379 e. The fourth-order valence-corrected chi connectivity index (χ4v) is 7.48. The smallest absolute Gasteiger partial charge is 0.269 e. The highest BCUT2D eigenvalue weighted by molar-refractivity contribution is 7.90. The van der Waals surface area contributed by atoms with Gasteiger partial charge in [0, 0.05) is 40.5 Å². The van der Waals surface area contributed by atoms with Crippen LogP contribution in [0.1, 0.15) is 23.2 Å². The van der Waals surface area contributed by atoms with Crippen molar-refractivity contribution in [1.29, 1.82) is 0 Å². The Labute approximate surface area is 229 Å². The van der Waals surface area contributed by atoms with Gasteiger partial charge in [-0.3, -0.25) is 4.98 Å². The maximum atomic E-state index is 13.5. The monoisotopic (exact) mass is 550 g/mol. The first-order chi connectivity index (χ1) is 18.9. The molecule has 0 bridgehead atoms. The van der Waals surface area contributed by atoms with E-state index >= 15 is 0 Å². The Morgan fingerprint density at radius 2 is 1.74 bits per heavy atom. The maximum absolute atomic E-state index is 13.5. The quantitative estimate of drug-likeness (QED) is 0.298. The zero-order chi connectivity index (χ0) is 26.6. The number of nitrogens with zero attached hydrogens (tertiary/aromatic N) is 4. The molecule has 0 spiro atoms. The first-order valence-corrected chi connectivity index (χ1v) is 14.8. The van der Waals surface area contributed by atoms with Crippen molar-refractivity contribution >= 4 is 32.4 Å². The number of benzene rings is 2. The molecule has 6 aromatic rings. The van der Waals surface area contributed by atoms with Crippen LogP contribution < -0.4 is 0 Å². The summed E-state index contributed by atoms with van der Waals surface area (Å²) in [7, 11) is -3.85. The van der Waals surface area contributed by atoms with Crippen molar-refractivity contribution in [2.45, 2.75) is 23.3 Å². The Bertz CT molecular complexity index is 1970. The van der Waals surface area contributed by atoms with Crippen molar-refractivity contribution in [2.24, 2.45) is 0 Å². The van der Waals surface area contributed by atoms with E-state index in [2.05, 4.69) is 9.97 Å². The highest BCUT2D eigenvalue weighted by Crippen LogP contribution is 2.42. The number of aliphatic hydroxyl groups is 1. The van der Waals surface area contributed by atoms with Crippen LogP contribution in [0.2, 0.25) is 0 Å². The molecule has 0 aliphatic heterocycles. The standard InChI is InChI=1S/C30H22N4O3S2/c35-30(14-13-20-8-5-15-31-27(20)30)22-9-4-7-21(17-22)26-19-38-29(33-26)25-18-34(28-24(25)12-6-16-32-28)39(36,37)23-10-2-1-3-11-23/h1-12,15-19,35H,13-14H2/t30-/m1/s1. The fourth-order valence-electron chi connectivity index (χ4n) is 5.28. The van der Waals surface area contributed by atoms with Crippen molar-refractivity contribution in [3.63, 3.8) is 0 Å². The molecule has 192 valence electrons. The van der Waals surface area contributed by atoms with Crippen LogP contribution in [0.3, 0.4) is 0 Å². The highest BCUT2D eigenvalue weighted by atomic mass is 32.2. The normalized spacial score (nSPS) is 16.9. The van der Waals surface area contributed by atoms with E-state index in [-0.39, 0.29) is 4.90 Å². The average molecular weight is 551 g/mol. The number of aromatic nitrogens is 4. The molecule has 0 amide bonds. The van der Waals surface area contributed by atoms with E-state index in [1.165, 1.54) is 15.3 Å². The fraction of sp³-hybridized carbons (Fsp3) is 0.100. The molecule has 4 aromatic heterocycles. The van der Waals surface area contributed by atoms with Gasteiger partial charge in [0.15, 0.2) is 5.65 Å². The Balaban J connectivity index is 1.30. The minimum absolute atomic E-state index is 0.191. The summed E-state index contributed by atoms with van der Waals surface area (Å²) in [5.41, 5.74) is 4.07. The van der Waals surface area contributed by atoms with Crippen LogP contribution in [0, 0.1) is 0 Å². The summed E-state index contributed by atoms with van der Waals surface area (Å²) < 4.78 is 28.2. The number of rotatable bonds is 5. The summed E-state index contributed by atoms with van der Waals surface area (Å²) in [5.74, 6) is 0. The van der Waals surface area contributed by atoms with Gasteiger partial charge in [-0.25, -0.2) is 22.4 Å². The average Bonchev–Trinajstić information content (AvgIpc) is 3.70. The molecule has 1 N–H and O–H groups in total. The summed E-state index contributed by atoms with van der Waals surface area (Å²) >= 11 is 1.44. The highest BCUT2D eigenvalue weighted by Gasteiger charge is 2.39. The molecule has 39 heavy (non-hydrogen) atoms. The molecule has 2 aromatic carbocycles. The van der Waals surface area contributed by atoms with Gasteiger partial charge in [0.25, 0.3) is 10.0 Å². The molecule has 7 rings (SSSR count). The molecule has 7 nitrogen and oxygen atoms in total. The van der Waals surface area contributed by atoms with E-state index in [0.29, 0.717) is 33.7 Å². The second-order valence-electron chi connectivity index (χ2n) is 9.52. The molecule has 1 aliphatic carbocycles. The van der Waals surface area contributed by atoms with Crippen LogP contribution in [0.25, 0.3) is 32.9 Å². The summed E-state index contributed by atoms with van der Waals surface area (Å²) in [4.78, 5) is 14.0. The van der Waals surface area contributed by atoms with Gasteiger partial charge in [-0.1, -0.05) is 42.5 Å². The lowest BCUT2D eigenvalue weighted by atomic mass is 9.89. The summed E-state index contributed by atoms with van der Waals surface area (Å²) in [6, 6.07) is 23.7. The molecule has 0 saturated heterocycles. The van der Waals surface area contributed by atoms with E-state index in [1.807, 2.05) is 47.8 Å². The first-order valence-electron chi connectivity index (χ1n) is 12.5. The summed E-state index contributed by atoms with van der Waals surface area (Å²) in [6.07, 6.45) is 6.25. The molecule has 1 atom stereocenters. The van der Waals surface area contributed by atoms with Gasteiger partial charge in [-0.2, -0.15) is 0 Å². The Hall–Kier alpha value is -4.18. The van der Waals surface area contributed by atoms with Gasteiger partial charge in [-0.15, -0.1) is 11.3 Å². The third kappa shape index (κ3) is 3.81. The van der Waals surface area contributed by atoms with Gasteiger partial charge in [-0.05, 0) is 60.4 Å². The molecule has 9 heteroatoms. The first kappa shape index (κ1) is 23.9. The Morgan fingerprint density at radius 1 is 0.923 bits per heavy atom. The maximum Gasteiger partial charge on any atom is 0.269 e. The van der Waals surface area contributed by atoms with Gasteiger partial charge in [0.2, 0.25) is 0 Å². The van der Waals surface area contributed by atoms with Gasteiger partial charge >= 0.3 is 0 Å². The molecule has 1 aliphatic rings. The SMILES string of the molecule is O=S(=O)(c1ccccc1)n1cc(-c2nc(-c3cccc([C@]4(O)CCc5cccnc54)c3)cs2)c2cccnc21. The van der Waals surface area contributed by atoms with Gasteiger partial charge < -0.3 is 5.11 Å². The minimum atomic E-state index is -3.85. The number of hydrogen-bond acceptors (Lipinski definition) is 7. The van der Waals surface area contributed by atoms with E-state index in [4.69, 9.17) is 4.98 Å². The van der Waals surface area contributed by atoms with Crippen LogP contribution in [0.4, 0.5) is 0 Å². The third-order valence-corrected chi connectivity index (χ3v) is 9.78. The van der Waals surface area contributed by atoms with Crippen LogP contribution in [-0.4, -0.2) is 32.4 Å². The molecular weight excluding hydrogens is 528 g/mol. The van der Waals surface area contributed by atoms with E-state index < -0.39 is 15.6 Å². The lowest BCUT2D eigenvalue weighted by Crippen LogP contribution is -2.25. The summed E-state index contributed by atoms with van der Waals surface area (Å²) in [6.45, 7) is 0. The lowest BCUT2D eigenvalue weighted by Gasteiger charge is -2.24. The number of aryl methyl sites for hydroxylation is 1. The van der Waals surface area contributed by atoms with Crippen molar-refractivity contribution < 1.29 is 13.5 Å². The predicted molar refractivity (Wildman–Crippen MR) is 151 cm³/mol. The number of hydrogen-bond donors (Lipinski definition) is 1. The topological polar surface area (TPSA) is 98.0 Å². The number of thiazole rings is 1. The predicted octanol–water partition coefficient (Wildman–Crippen LogP) is 5.64. The second kappa shape index (κ2) is 8.94. The van der Waals surface area contributed by atoms with E-state index in [1.54, 1.807) is 55.0 Å². The van der Waals surface area contributed by atoms with Crippen LogP contribution in [-0.2, 0) is 22.0 Å². The minimum Gasteiger partial charge on any atom is -0.379 e. The van der Waals surface area contributed by atoms with Crippen molar-refractivity contribution in [3.8, 4) is 21.8 Å². The summed E-state index contributed by atoms with van der Waals surface area (Å²) in [5, 5.41) is 14.9.